The summed E-state index contributed by atoms with van der Waals surface area (Å²) in [5.74, 6) is 0.455. The topological polar surface area (TPSA) is 93.4 Å². The molecule has 0 saturated carbocycles. The molecule has 0 amide bonds. The van der Waals surface area contributed by atoms with Crippen LogP contribution < -0.4 is 10.2 Å². The summed E-state index contributed by atoms with van der Waals surface area (Å²) in [5, 5.41) is 14.6. The first-order valence-electron chi connectivity index (χ1n) is 7.64. The maximum absolute atomic E-state index is 11.6. The molecule has 8 heteroatoms. The van der Waals surface area contributed by atoms with Gasteiger partial charge >= 0.3 is 5.69 Å². The van der Waals surface area contributed by atoms with Gasteiger partial charge in [-0.2, -0.15) is 0 Å². The number of aromatic nitrogens is 2. The van der Waals surface area contributed by atoms with Crippen molar-refractivity contribution in [2.45, 2.75) is 13.8 Å². The molecular weight excluding hydrogens is 310 g/mol. The van der Waals surface area contributed by atoms with Crippen LogP contribution in [0.4, 0.5) is 23.0 Å². The normalized spacial score (nSPS) is 10.5. The SMILES string of the molecule is CCN(c1cccc(C)c1)c1ncnc(NCCOC)c1[N+](=O)[O-]. The third kappa shape index (κ3) is 3.96. The van der Waals surface area contributed by atoms with Crippen LogP contribution in [0.15, 0.2) is 30.6 Å². The van der Waals surface area contributed by atoms with Gasteiger partial charge in [-0.05, 0) is 31.5 Å². The van der Waals surface area contributed by atoms with Gasteiger partial charge in [-0.1, -0.05) is 12.1 Å². The molecule has 2 rings (SSSR count). The first-order chi connectivity index (χ1) is 11.6. The lowest BCUT2D eigenvalue weighted by Crippen LogP contribution is -2.20. The van der Waals surface area contributed by atoms with E-state index in [9.17, 15) is 10.1 Å². The average molecular weight is 331 g/mol. The molecule has 24 heavy (non-hydrogen) atoms. The summed E-state index contributed by atoms with van der Waals surface area (Å²) < 4.78 is 4.96. The van der Waals surface area contributed by atoms with Gasteiger partial charge in [0.1, 0.15) is 6.33 Å². The minimum Gasteiger partial charge on any atom is -0.383 e. The number of nitro groups is 1. The van der Waals surface area contributed by atoms with E-state index in [1.807, 2.05) is 38.1 Å². The van der Waals surface area contributed by atoms with E-state index in [1.54, 1.807) is 12.0 Å². The van der Waals surface area contributed by atoms with Crippen molar-refractivity contribution >= 4 is 23.0 Å². The van der Waals surface area contributed by atoms with Crippen LogP contribution in [0.3, 0.4) is 0 Å². The Hall–Kier alpha value is -2.74. The van der Waals surface area contributed by atoms with Crippen molar-refractivity contribution in [1.29, 1.82) is 0 Å². The van der Waals surface area contributed by atoms with Crippen LogP contribution in [0.1, 0.15) is 12.5 Å². The van der Waals surface area contributed by atoms with E-state index in [2.05, 4.69) is 15.3 Å². The highest BCUT2D eigenvalue weighted by Gasteiger charge is 2.27. The second-order valence-electron chi connectivity index (χ2n) is 5.15. The minimum absolute atomic E-state index is 0.142. The number of nitrogens with one attached hydrogen (secondary N) is 1. The fourth-order valence-corrected chi connectivity index (χ4v) is 2.39. The molecule has 1 aromatic carbocycles. The highest BCUT2D eigenvalue weighted by Crippen LogP contribution is 2.35. The molecular formula is C16H21N5O3. The van der Waals surface area contributed by atoms with E-state index < -0.39 is 4.92 Å². The molecule has 0 aliphatic heterocycles. The molecule has 128 valence electrons. The Morgan fingerprint density at radius 1 is 1.38 bits per heavy atom. The number of aryl methyl sites for hydroxylation is 1. The van der Waals surface area contributed by atoms with Gasteiger partial charge in [0.15, 0.2) is 0 Å². The predicted molar refractivity (Wildman–Crippen MR) is 92.9 cm³/mol. The molecule has 1 heterocycles. The average Bonchev–Trinajstić information content (AvgIpc) is 2.56. The quantitative estimate of drug-likeness (QED) is 0.451. The Morgan fingerprint density at radius 3 is 2.79 bits per heavy atom. The molecule has 0 radical (unpaired) electrons. The second kappa shape index (κ2) is 8.21. The van der Waals surface area contributed by atoms with Gasteiger partial charge in [0.25, 0.3) is 0 Å². The molecule has 0 spiro atoms. The third-order valence-corrected chi connectivity index (χ3v) is 3.47. The van der Waals surface area contributed by atoms with Gasteiger partial charge in [0.05, 0.1) is 11.5 Å². The Kier molecular flexibility index (Phi) is 6.02. The Balaban J connectivity index is 2.47. The molecule has 0 saturated heterocycles. The van der Waals surface area contributed by atoms with Crippen molar-refractivity contribution in [3.05, 3.63) is 46.3 Å². The molecule has 0 aliphatic carbocycles. The molecule has 0 aliphatic rings. The summed E-state index contributed by atoms with van der Waals surface area (Å²) >= 11 is 0. The summed E-state index contributed by atoms with van der Waals surface area (Å²) in [6, 6.07) is 7.76. The number of methoxy groups -OCH3 is 1. The van der Waals surface area contributed by atoms with E-state index in [-0.39, 0.29) is 17.3 Å². The van der Waals surface area contributed by atoms with Crippen LogP contribution in [-0.4, -0.2) is 41.7 Å². The summed E-state index contributed by atoms with van der Waals surface area (Å²) in [4.78, 5) is 21.1. The zero-order chi connectivity index (χ0) is 17.5. The van der Waals surface area contributed by atoms with E-state index in [4.69, 9.17) is 4.74 Å². The number of rotatable bonds is 8. The van der Waals surface area contributed by atoms with Crippen molar-refractivity contribution < 1.29 is 9.66 Å². The molecule has 1 N–H and O–H groups in total. The molecule has 0 atom stereocenters. The number of benzene rings is 1. The lowest BCUT2D eigenvalue weighted by molar-refractivity contribution is -0.383. The molecule has 0 unspecified atom stereocenters. The third-order valence-electron chi connectivity index (χ3n) is 3.47. The maximum Gasteiger partial charge on any atom is 0.353 e. The highest BCUT2D eigenvalue weighted by molar-refractivity contribution is 5.75. The van der Waals surface area contributed by atoms with E-state index in [0.29, 0.717) is 19.7 Å². The second-order valence-corrected chi connectivity index (χ2v) is 5.15. The van der Waals surface area contributed by atoms with Crippen molar-refractivity contribution in [1.82, 2.24) is 9.97 Å². The molecule has 2 aromatic rings. The van der Waals surface area contributed by atoms with Crippen molar-refractivity contribution in [3.63, 3.8) is 0 Å². The van der Waals surface area contributed by atoms with Crippen LogP contribution in [0, 0.1) is 17.0 Å². The summed E-state index contributed by atoms with van der Waals surface area (Å²) in [5.41, 5.74) is 1.78. The van der Waals surface area contributed by atoms with Gasteiger partial charge in [0, 0.05) is 25.9 Å². The monoisotopic (exact) mass is 331 g/mol. The summed E-state index contributed by atoms with van der Waals surface area (Å²) in [6.45, 7) is 5.28. The van der Waals surface area contributed by atoms with Gasteiger partial charge in [-0.3, -0.25) is 10.1 Å². The van der Waals surface area contributed by atoms with Crippen molar-refractivity contribution in [2.24, 2.45) is 0 Å². The molecule has 0 fully saturated rings. The van der Waals surface area contributed by atoms with Crippen LogP contribution >= 0.6 is 0 Å². The van der Waals surface area contributed by atoms with Gasteiger partial charge < -0.3 is 15.0 Å². The predicted octanol–water partition coefficient (Wildman–Crippen LogP) is 2.91. The van der Waals surface area contributed by atoms with E-state index in [0.717, 1.165) is 11.3 Å². The summed E-state index contributed by atoms with van der Waals surface area (Å²) in [6.07, 6.45) is 1.33. The lowest BCUT2D eigenvalue weighted by atomic mass is 10.2. The largest absolute Gasteiger partial charge is 0.383 e. The fraction of sp³-hybridized carbons (Fsp3) is 0.375. The van der Waals surface area contributed by atoms with Crippen LogP contribution in [0.2, 0.25) is 0 Å². The van der Waals surface area contributed by atoms with Crippen LogP contribution in [-0.2, 0) is 4.74 Å². The number of ether oxygens (including phenoxy) is 1. The number of nitrogens with zero attached hydrogens (tertiary/aromatic N) is 4. The first kappa shape index (κ1) is 17.6. The number of hydrogen-bond acceptors (Lipinski definition) is 7. The van der Waals surface area contributed by atoms with Gasteiger partial charge in [-0.15, -0.1) is 0 Å². The van der Waals surface area contributed by atoms with Gasteiger partial charge in [-0.25, -0.2) is 9.97 Å². The van der Waals surface area contributed by atoms with Crippen LogP contribution in [0.25, 0.3) is 0 Å². The Bertz CT molecular complexity index is 708. The van der Waals surface area contributed by atoms with Crippen molar-refractivity contribution in [2.75, 3.05) is 37.0 Å². The van der Waals surface area contributed by atoms with E-state index in [1.165, 1.54) is 6.33 Å². The van der Waals surface area contributed by atoms with Crippen molar-refractivity contribution in [3.8, 4) is 0 Å². The Morgan fingerprint density at radius 2 is 2.17 bits per heavy atom. The van der Waals surface area contributed by atoms with E-state index >= 15 is 0 Å². The molecule has 1 aromatic heterocycles. The highest BCUT2D eigenvalue weighted by atomic mass is 16.6. The Labute approximate surface area is 140 Å². The number of hydrogen-bond donors (Lipinski definition) is 1. The van der Waals surface area contributed by atoms with Crippen LogP contribution in [0.5, 0.6) is 0 Å². The zero-order valence-corrected chi connectivity index (χ0v) is 14.0. The molecule has 0 bridgehead atoms. The fourth-order valence-electron chi connectivity index (χ4n) is 2.39. The number of anilines is 3. The minimum atomic E-state index is -0.455. The molecule has 8 nitrogen and oxygen atoms in total. The lowest BCUT2D eigenvalue weighted by Gasteiger charge is -2.22. The smallest absolute Gasteiger partial charge is 0.353 e. The maximum atomic E-state index is 11.6. The standard InChI is InChI=1S/C16H21N5O3/c1-4-20(13-7-5-6-12(2)10-13)16-14(21(22)23)15(18-11-19-16)17-8-9-24-3/h5-7,10-11H,4,8-9H2,1-3H3,(H,17,18,19). The first-order valence-corrected chi connectivity index (χ1v) is 7.64. The van der Waals surface area contributed by atoms with Gasteiger partial charge in [0.2, 0.25) is 11.6 Å². The zero-order valence-electron chi connectivity index (χ0n) is 14.0. The summed E-state index contributed by atoms with van der Waals surface area (Å²) in [7, 11) is 1.57.